The molecule has 0 aromatic carbocycles. The van der Waals surface area contributed by atoms with Gasteiger partial charge in [0.15, 0.2) is 0 Å². The monoisotopic (exact) mass is 236 g/mol. The van der Waals surface area contributed by atoms with E-state index in [2.05, 4.69) is 4.98 Å². The van der Waals surface area contributed by atoms with Crippen molar-refractivity contribution in [3.63, 3.8) is 0 Å². The Morgan fingerprint density at radius 3 is 2.59 bits per heavy atom. The van der Waals surface area contributed by atoms with Crippen LogP contribution in [-0.4, -0.2) is 52.3 Å². The lowest BCUT2D eigenvalue weighted by atomic mass is 10.2. The maximum absolute atomic E-state index is 11.7. The van der Waals surface area contributed by atoms with Gasteiger partial charge in [-0.05, 0) is 17.7 Å². The molecule has 17 heavy (non-hydrogen) atoms. The molecule has 2 N–H and O–H groups in total. The maximum atomic E-state index is 11.7. The zero-order valence-corrected chi connectivity index (χ0v) is 9.49. The Labute approximate surface area is 100 Å². The first kappa shape index (κ1) is 13.3. The molecule has 1 rings (SSSR count). The molecule has 5 nitrogen and oxygen atoms in total. The van der Waals surface area contributed by atoms with Crippen LogP contribution in [0.3, 0.4) is 0 Å². The second kappa shape index (κ2) is 7.54. The summed E-state index contributed by atoms with van der Waals surface area (Å²) in [6.45, 7) is 0.201. The van der Waals surface area contributed by atoms with E-state index in [4.69, 9.17) is 10.2 Å². The number of carbonyl (C=O) groups excluding carboxylic acids is 1. The van der Waals surface area contributed by atoms with Gasteiger partial charge < -0.3 is 15.1 Å². The number of aliphatic hydroxyl groups excluding tert-OH is 2. The molecule has 1 aromatic heterocycles. The zero-order valence-electron chi connectivity index (χ0n) is 9.49. The van der Waals surface area contributed by atoms with Crippen LogP contribution >= 0.6 is 0 Å². The third kappa shape index (κ3) is 4.76. The summed E-state index contributed by atoms with van der Waals surface area (Å²) in [4.78, 5) is 17.0. The number of aromatic nitrogens is 1. The second-order valence-electron chi connectivity index (χ2n) is 3.39. The zero-order chi connectivity index (χ0) is 12.5. The molecule has 0 aliphatic rings. The Morgan fingerprint density at radius 2 is 2.06 bits per heavy atom. The smallest absolute Gasteiger partial charge is 0.246 e. The summed E-state index contributed by atoms with van der Waals surface area (Å²) in [6, 6.07) is 3.61. The molecular weight excluding hydrogens is 220 g/mol. The molecule has 0 spiro atoms. The minimum absolute atomic E-state index is 0.119. The van der Waals surface area contributed by atoms with Crippen molar-refractivity contribution in [3.8, 4) is 0 Å². The van der Waals surface area contributed by atoms with Crippen LogP contribution in [-0.2, 0) is 4.79 Å². The van der Waals surface area contributed by atoms with E-state index in [0.717, 1.165) is 5.56 Å². The highest BCUT2D eigenvalue weighted by atomic mass is 16.3. The van der Waals surface area contributed by atoms with E-state index in [1.54, 1.807) is 24.5 Å². The van der Waals surface area contributed by atoms with Crippen LogP contribution in [0, 0.1) is 0 Å². The summed E-state index contributed by atoms with van der Waals surface area (Å²) >= 11 is 0. The van der Waals surface area contributed by atoms with Gasteiger partial charge in [-0.3, -0.25) is 9.78 Å². The number of rotatable bonds is 6. The molecule has 0 aliphatic carbocycles. The third-order valence-corrected chi connectivity index (χ3v) is 2.15. The van der Waals surface area contributed by atoms with Gasteiger partial charge in [0.25, 0.3) is 0 Å². The van der Waals surface area contributed by atoms with E-state index in [9.17, 15) is 4.79 Å². The predicted octanol–water partition coefficient (Wildman–Crippen LogP) is -0.0920. The van der Waals surface area contributed by atoms with E-state index in [1.807, 2.05) is 6.07 Å². The Bertz CT molecular complexity index is 359. The van der Waals surface area contributed by atoms with Crippen LogP contribution < -0.4 is 0 Å². The number of nitrogens with zero attached hydrogens (tertiary/aromatic N) is 2. The normalized spacial score (nSPS) is 10.7. The Kier molecular flexibility index (Phi) is 5.92. The van der Waals surface area contributed by atoms with Gasteiger partial charge in [-0.25, -0.2) is 0 Å². The molecule has 0 aliphatic heterocycles. The first-order chi connectivity index (χ1) is 8.27. The van der Waals surface area contributed by atoms with Gasteiger partial charge in [-0.1, -0.05) is 6.07 Å². The topological polar surface area (TPSA) is 73.7 Å². The summed E-state index contributed by atoms with van der Waals surface area (Å²) in [7, 11) is 0. The lowest BCUT2D eigenvalue weighted by Gasteiger charge is -2.18. The molecule has 0 saturated carbocycles. The van der Waals surface area contributed by atoms with E-state index in [1.165, 1.54) is 11.0 Å². The molecule has 92 valence electrons. The van der Waals surface area contributed by atoms with Crippen molar-refractivity contribution in [2.75, 3.05) is 26.3 Å². The van der Waals surface area contributed by atoms with Crippen molar-refractivity contribution >= 4 is 12.0 Å². The van der Waals surface area contributed by atoms with Gasteiger partial charge in [-0.15, -0.1) is 0 Å². The van der Waals surface area contributed by atoms with E-state index < -0.39 is 0 Å². The van der Waals surface area contributed by atoms with Gasteiger partial charge in [0, 0.05) is 31.6 Å². The molecule has 1 heterocycles. The van der Waals surface area contributed by atoms with Gasteiger partial charge in [0.05, 0.1) is 13.2 Å². The quantitative estimate of drug-likeness (QED) is 0.677. The second-order valence-corrected chi connectivity index (χ2v) is 3.39. The van der Waals surface area contributed by atoms with Gasteiger partial charge >= 0.3 is 0 Å². The Morgan fingerprint density at radius 1 is 1.35 bits per heavy atom. The molecule has 0 saturated heterocycles. The van der Waals surface area contributed by atoms with Crippen molar-refractivity contribution in [2.45, 2.75) is 0 Å². The van der Waals surface area contributed by atoms with E-state index in [-0.39, 0.29) is 32.2 Å². The number of pyridine rings is 1. The fourth-order valence-electron chi connectivity index (χ4n) is 1.32. The molecule has 0 bridgehead atoms. The highest BCUT2D eigenvalue weighted by Crippen LogP contribution is 2.00. The lowest BCUT2D eigenvalue weighted by Crippen LogP contribution is -2.34. The Hall–Kier alpha value is -1.72. The molecular formula is C12H16N2O3. The van der Waals surface area contributed by atoms with Crippen LogP contribution in [0.4, 0.5) is 0 Å². The number of carbonyl (C=O) groups is 1. The minimum Gasteiger partial charge on any atom is -0.395 e. The van der Waals surface area contributed by atoms with Crippen molar-refractivity contribution in [1.82, 2.24) is 9.88 Å². The van der Waals surface area contributed by atoms with E-state index >= 15 is 0 Å². The van der Waals surface area contributed by atoms with Crippen molar-refractivity contribution in [2.24, 2.45) is 0 Å². The van der Waals surface area contributed by atoms with Crippen LogP contribution in [0.15, 0.2) is 30.6 Å². The highest BCUT2D eigenvalue weighted by molar-refractivity contribution is 5.91. The average molecular weight is 236 g/mol. The fourth-order valence-corrected chi connectivity index (χ4v) is 1.32. The standard InChI is InChI=1S/C12H16N2O3/c15-8-6-14(7-9-16)12(17)4-3-11-2-1-5-13-10-11/h1-5,10,15-16H,6-9H2/b4-3+. The number of amides is 1. The minimum atomic E-state index is -0.239. The Balaban J connectivity index is 2.60. The summed E-state index contributed by atoms with van der Waals surface area (Å²) in [6.07, 6.45) is 6.36. The number of hydrogen-bond donors (Lipinski definition) is 2. The van der Waals surface area contributed by atoms with Gasteiger partial charge in [0.1, 0.15) is 0 Å². The van der Waals surface area contributed by atoms with E-state index in [0.29, 0.717) is 0 Å². The largest absolute Gasteiger partial charge is 0.395 e. The van der Waals surface area contributed by atoms with Gasteiger partial charge in [-0.2, -0.15) is 0 Å². The molecule has 0 radical (unpaired) electrons. The van der Waals surface area contributed by atoms with Crippen LogP contribution in [0.5, 0.6) is 0 Å². The molecule has 1 aromatic rings. The summed E-state index contributed by atoms with van der Waals surface area (Å²) in [5.74, 6) is -0.239. The summed E-state index contributed by atoms with van der Waals surface area (Å²) in [5.41, 5.74) is 0.828. The molecule has 5 heteroatoms. The molecule has 0 atom stereocenters. The third-order valence-electron chi connectivity index (χ3n) is 2.15. The molecule has 0 unspecified atom stereocenters. The van der Waals surface area contributed by atoms with Crippen LogP contribution in [0.2, 0.25) is 0 Å². The van der Waals surface area contributed by atoms with Crippen molar-refractivity contribution < 1.29 is 15.0 Å². The first-order valence-corrected chi connectivity index (χ1v) is 5.36. The SMILES string of the molecule is O=C(/C=C/c1cccnc1)N(CCO)CCO. The molecule has 1 amide bonds. The number of aliphatic hydroxyl groups is 2. The summed E-state index contributed by atoms with van der Waals surface area (Å²) in [5, 5.41) is 17.6. The van der Waals surface area contributed by atoms with Crippen LogP contribution in [0.1, 0.15) is 5.56 Å². The fraction of sp³-hybridized carbons (Fsp3) is 0.333. The maximum Gasteiger partial charge on any atom is 0.246 e. The predicted molar refractivity (Wildman–Crippen MR) is 64.0 cm³/mol. The lowest BCUT2D eigenvalue weighted by molar-refractivity contribution is -0.126. The number of hydrogen-bond acceptors (Lipinski definition) is 4. The molecule has 0 fully saturated rings. The average Bonchev–Trinajstić information content (AvgIpc) is 2.37. The highest BCUT2D eigenvalue weighted by Gasteiger charge is 2.08. The first-order valence-electron chi connectivity index (χ1n) is 5.36. The van der Waals surface area contributed by atoms with Gasteiger partial charge in [0.2, 0.25) is 5.91 Å². The van der Waals surface area contributed by atoms with Crippen molar-refractivity contribution in [1.29, 1.82) is 0 Å². The summed E-state index contributed by atoms with van der Waals surface area (Å²) < 4.78 is 0. The van der Waals surface area contributed by atoms with Crippen molar-refractivity contribution in [3.05, 3.63) is 36.2 Å². The van der Waals surface area contributed by atoms with Crippen LogP contribution in [0.25, 0.3) is 6.08 Å².